The van der Waals surface area contributed by atoms with Crippen LogP contribution in [0.4, 0.5) is 0 Å². The monoisotopic (exact) mass is 292 g/mol. The average Bonchev–Trinajstić information content (AvgIpc) is 3.02. The van der Waals surface area contributed by atoms with E-state index in [1.54, 1.807) is 17.0 Å². The molecule has 8 heteroatoms. The summed E-state index contributed by atoms with van der Waals surface area (Å²) in [5.41, 5.74) is 0.406. The number of hydrogen-bond donors (Lipinski definition) is 1. The molecule has 2 aromatic heterocycles. The molecule has 1 aliphatic heterocycles. The second kappa shape index (κ2) is 5.54. The normalized spacial score (nSPS) is 19.1. The van der Waals surface area contributed by atoms with Gasteiger partial charge in [0.2, 0.25) is 0 Å². The van der Waals surface area contributed by atoms with Gasteiger partial charge in [0, 0.05) is 25.2 Å². The SMILES string of the molecule is O=C(c1ccc(Cl)cn1)N1CCC[C@H](c2nn[nH]n2)C1. The second-order valence-electron chi connectivity index (χ2n) is 4.72. The van der Waals surface area contributed by atoms with E-state index in [0.29, 0.717) is 23.1 Å². The van der Waals surface area contributed by atoms with E-state index in [9.17, 15) is 4.79 Å². The fourth-order valence-electron chi connectivity index (χ4n) is 2.38. The lowest BCUT2D eigenvalue weighted by atomic mass is 9.97. The van der Waals surface area contributed by atoms with E-state index in [-0.39, 0.29) is 11.8 Å². The zero-order valence-electron chi connectivity index (χ0n) is 10.7. The summed E-state index contributed by atoms with van der Waals surface area (Å²) in [5, 5.41) is 14.5. The van der Waals surface area contributed by atoms with Gasteiger partial charge in [-0.05, 0) is 25.0 Å². The molecule has 1 aliphatic rings. The Labute approximate surface area is 120 Å². The molecule has 104 valence electrons. The number of pyridine rings is 1. The first kappa shape index (κ1) is 13.0. The third kappa shape index (κ3) is 2.62. The first-order chi connectivity index (χ1) is 9.74. The number of carbonyl (C=O) groups excluding carboxylic acids is 1. The minimum Gasteiger partial charge on any atom is -0.337 e. The van der Waals surface area contributed by atoms with E-state index in [4.69, 9.17) is 11.6 Å². The Morgan fingerprint density at radius 2 is 2.35 bits per heavy atom. The molecule has 1 atom stereocenters. The summed E-state index contributed by atoms with van der Waals surface area (Å²) in [7, 11) is 0. The quantitative estimate of drug-likeness (QED) is 0.900. The predicted octanol–water partition coefficient (Wildman–Crippen LogP) is 1.27. The maximum Gasteiger partial charge on any atom is 0.272 e. The van der Waals surface area contributed by atoms with E-state index in [0.717, 1.165) is 19.4 Å². The maximum atomic E-state index is 12.4. The summed E-state index contributed by atoms with van der Waals surface area (Å²) >= 11 is 5.78. The number of carbonyl (C=O) groups is 1. The molecule has 1 amide bonds. The van der Waals surface area contributed by atoms with Gasteiger partial charge in [-0.1, -0.05) is 16.8 Å². The van der Waals surface area contributed by atoms with Crippen LogP contribution in [0.3, 0.4) is 0 Å². The van der Waals surface area contributed by atoms with Crippen molar-refractivity contribution in [3.8, 4) is 0 Å². The van der Waals surface area contributed by atoms with Crippen LogP contribution in [-0.2, 0) is 0 Å². The number of halogens is 1. The Morgan fingerprint density at radius 1 is 1.45 bits per heavy atom. The standard InChI is InChI=1S/C12H13ClN6O/c13-9-3-4-10(14-6-9)12(20)19-5-1-2-8(7-19)11-15-17-18-16-11/h3-4,6,8H,1-2,5,7H2,(H,15,16,17,18)/t8-/m0/s1. The number of aromatic amines is 1. The number of aromatic nitrogens is 5. The molecule has 0 spiro atoms. The topological polar surface area (TPSA) is 87.7 Å². The molecule has 0 aliphatic carbocycles. The summed E-state index contributed by atoms with van der Waals surface area (Å²) in [6.07, 6.45) is 3.35. The van der Waals surface area contributed by atoms with Crippen molar-refractivity contribution < 1.29 is 4.79 Å². The molecule has 2 aromatic rings. The first-order valence-corrected chi connectivity index (χ1v) is 6.76. The lowest BCUT2D eigenvalue weighted by Gasteiger charge is -2.31. The van der Waals surface area contributed by atoms with Crippen LogP contribution in [0.5, 0.6) is 0 Å². The minimum atomic E-state index is -0.0881. The molecule has 7 nitrogen and oxygen atoms in total. The minimum absolute atomic E-state index is 0.0881. The Balaban J connectivity index is 1.73. The van der Waals surface area contributed by atoms with Gasteiger partial charge in [-0.3, -0.25) is 4.79 Å². The Kier molecular flexibility index (Phi) is 3.60. The number of rotatable bonds is 2. The number of tetrazole rings is 1. The van der Waals surface area contributed by atoms with Gasteiger partial charge in [0.1, 0.15) is 5.69 Å². The van der Waals surface area contributed by atoms with E-state index in [1.807, 2.05) is 0 Å². The van der Waals surface area contributed by atoms with Crippen molar-refractivity contribution in [2.24, 2.45) is 0 Å². The van der Waals surface area contributed by atoms with Crippen LogP contribution in [0.25, 0.3) is 0 Å². The lowest BCUT2D eigenvalue weighted by Crippen LogP contribution is -2.39. The second-order valence-corrected chi connectivity index (χ2v) is 5.16. The van der Waals surface area contributed by atoms with Crippen molar-refractivity contribution in [2.75, 3.05) is 13.1 Å². The van der Waals surface area contributed by atoms with Crippen molar-refractivity contribution in [3.63, 3.8) is 0 Å². The highest BCUT2D eigenvalue weighted by molar-refractivity contribution is 6.30. The molecule has 0 unspecified atom stereocenters. The van der Waals surface area contributed by atoms with Gasteiger partial charge in [0.15, 0.2) is 5.82 Å². The van der Waals surface area contributed by atoms with Gasteiger partial charge in [-0.15, -0.1) is 10.2 Å². The summed E-state index contributed by atoms with van der Waals surface area (Å²) < 4.78 is 0. The van der Waals surface area contributed by atoms with E-state index >= 15 is 0 Å². The number of nitrogens with one attached hydrogen (secondary N) is 1. The number of nitrogens with zero attached hydrogens (tertiary/aromatic N) is 5. The summed E-state index contributed by atoms with van der Waals surface area (Å²) in [4.78, 5) is 18.2. The molecule has 1 N–H and O–H groups in total. The molecule has 0 aromatic carbocycles. The fourth-order valence-corrected chi connectivity index (χ4v) is 2.49. The Hall–Kier alpha value is -2.02. The van der Waals surface area contributed by atoms with Crippen LogP contribution in [0, 0.1) is 0 Å². The number of piperidine rings is 1. The number of amides is 1. The Bertz CT molecular complexity index is 585. The largest absolute Gasteiger partial charge is 0.337 e. The molecular formula is C12H13ClN6O. The highest BCUT2D eigenvalue weighted by atomic mass is 35.5. The summed E-state index contributed by atoms with van der Waals surface area (Å²) in [5.74, 6) is 0.695. The van der Waals surface area contributed by atoms with Gasteiger partial charge >= 0.3 is 0 Å². The highest BCUT2D eigenvalue weighted by Crippen LogP contribution is 2.24. The van der Waals surface area contributed by atoms with E-state index < -0.39 is 0 Å². The van der Waals surface area contributed by atoms with Crippen molar-refractivity contribution in [1.29, 1.82) is 0 Å². The third-order valence-corrected chi connectivity index (χ3v) is 3.61. The third-order valence-electron chi connectivity index (χ3n) is 3.38. The fraction of sp³-hybridized carbons (Fsp3) is 0.417. The molecule has 3 rings (SSSR count). The smallest absolute Gasteiger partial charge is 0.272 e. The van der Waals surface area contributed by atoms with Crippen molar-refractivity contribution in [1.82, 2.24) is 30.5 Å². The number of hydrogen-bond acceptors (Lipinski definition) is 5. The van der Waals surface area contributed by atoms with Gasteiger partial charge in [0.05, 0.1) is 5.02 Å². The van der Waals surface area contributed by atoms with Crippen LogP contribution in [0.15, 0.2) is 18.3 Å². The average molecular weight is 293 g/mol. The molecule has 20 heavy (non-hydrogen) atoms. The number of H-pyrrole nitrogens is 1. The predicted molar refractivity (Wildman–Crippen MR) is 71.3 cm³/mol. The molecule has 1 saturated heterocycles. The van der Waals surface area contributed by atoms with E-state index in [1.165, 1.54) is 6.20 Å². The molecule has 0 bridgehead atoms. The van der Waals surface area contributed by atoms with Crippen LogP contribution < -0.4 is 0 Å². The van der Waals surface area contributed by atoms with Crippen molar-refractivity contribution >= 4 is 17.5 Å². The van der Waals surface area contributed by atoms with Crippen LogP contribution in [0.2, 0.25) is 5.02 Å². The zero-order valence-corrected chi connectivity index (χ0v) is 11.4. The van der Waals surface area contributed by atoms with Crippen LogP contribution >= 0.6 is 11.6 Å². The Morgan fingerprint density at radius 3 is 3.05 bits per heavy atom. The van der Waals surface area contributed by atoms with Gasteiger partial charge < -0.3 is 4.90 Å². The highest BCUT2D eigenvalue weighted by Gasteiger charge is 2.28. The van der Waals surface area contributed by atoms with Gasteiger partial charge in [-0.2, -0.15) is 5.21 Å². The van der Waals surface area contributed by atoms with Gasteiger partial charge in [-0.25, -0.2) is 4.98 Å². The van der Waals surface area contributed by atoms with Crippen molar-refractivity contribution in [3.05, 3.63) is 34.9 Å². The zero-order chi connectivity index (χ0) is 13.9. The van der Waals surface area contributed by atoms with Crippen LogP contribution in [0.1, 0.15) is 35.1 Å². The molecule has 3 heterocycles. The molecular weight excluding hydrogens is 280 g/mol. The molecule has 0 radical (unpaired) electrons. The summed E-state index contributed by atoms with van der Waals surface area (Å²) in [6, 6.07) is 3.31. The lowest BCUT2D eigenvalue weighted by molar-refractivity contribution is 0.0698. The van der Waals surface area contributed by atoms with E-state index in [2.05, 4.69) is 25.6 Å². The number of likely N-dealkylation sites (tertiary alicyclic amines) is 1. The first-order valence-electron chi connectivity index (χ1n) is 6.38. The van der Waals surface area contributed by atoms with Crippen LogP contribution in [-0.4, -0.2) is 49.5 Å². The maximum absolute atomic E-state index is 12.4. The summed E-state index contributed by atoms with van der Waals surface area (Å²) in [6.45, 7) is 1.31. The molecule has 0 saturated carbocycles. The van der Waals surface area contributed by atoms with Crippen molar-refractivity contribution in [2.45, 2.75) is 18.8 Å². The molecule has 1 fully saturated rings. The van der Waals surface area contributed by atoms with Gasteiger partial charge in [0.25, 0.3) is 5.91 Å².